The molecule has 31 heavy (non-hydrogen) atoms. The molecule has 0 aliphatic carbocycles. The number of hydrogen-bond acceptors (Lipinski definition) is 9. The molecule has 2 heterocycles. The molecule has 1 saturated heterocycles. The van der Waals surface area contributed by atoms with E-state index in [0.29, 0.717) is 22.8 Å². The normalized spacial score (nSPS) is 20.7. The van der Waals surface area contributed by atoms with Crippen LogP contribution < -0.4 is 19.6 Å². The molecule has 0 saturated carbocycles. The van der Waals surface area contributed by atoms with Crippen molar-refractivity contribution >= 4 is 11.0 Å². The first-order valence-corrected chi connectivity index (χ1v) is 9.55. The van der Waals surface area contributed by atoms with Gasteiger partial charge in [-0.2, -0.15) is 0 Å². The maximum atomic E-state index is 12.6. The molecule has 1 aromatic heterocycles. The minimum atomic E-state index is -0.976. The van der Waals surface area contributed by atoms with E-state index in [2.05, 4.69) is 0 Å². The van der Waals surface area contributed by atoms with E-state index in [1.165, 1.54) is 32.4 Å². The van der Waals surface area contributed by atoms with E-state index in [4.69, 9.17) is 23.4 Å². The van der Waals surface area contributed by atoms with Crippen molar-refractivity contribution in [1.29, 1.82) is 0 Å². The number of aromatic hydroxyl groups is 1. The lowest BCUT2D eigenvalue weighted by Gasteiger charge is -2.19. The third-order valence-corrected chi connectivity index (χ3v) is 5.18. The summed E-state index contributed by atoms with van der Waals surface area (Å²) in [6.07, 6.45) is -1.92. The van der Waals surface area contributed by atoms with E-state index in [-0.39, 0.29) is 35.7 Å². The number of aliphatic hydroxyl groups is 2. The molecule has 0 bridgehead atoms. The number of hydrogen-bond donors (Lipinski definition) is 3. The number of benzene rings is 2. The Morgan fingerprint density at radius 3 is 2.58 bits per heavy atom. The minimum Gasteiger partial charge on any atom is -0.507 e. The standard InChI is InChI=1S/C22H22O9/c1-27-13-6-14(24)20-15(25)8-17(30-19(20)7-13)11-3-4-16(18(5-11)28-2)31-22-21(26)12(9-23)10-29-22/h3-8,12,21-24,26H,9-10H2,1-2H3/t12-,21+,22-/m0/s1. The van der Waals surface area contributed by atoms with Gasteiger partial charge in [0.15, 0.2) is 16.9 Å². The lowest BCUT2D eigenvalue weighted by atomic mass is 10.1. The summed E-state index contributed by atoms with van der Waals surface area (Å²) < 4.78 is 27.5. The first kappa shape index (κ1) is 21.0. The Morgan fingerprint density at radius 1 is 1.10 bits per heavy atom. The Hall–Kier alpha value is -3.27. The molecule has 2 aromatic carbocycles. The summed E-state index contributed by atoms with van der Waals surface area (Å²) in [7, 11) is 2.90. The Balaban J connectivity index is 1.69. The lowest BCUT2D eigenvalue weighted by Crippen LogP contribution is -2.32. The number of phenolic OH excluding ortho intramolecular Hbond substituents is 1. The maximum Gasteiger partial charge on any atom is 0.226 e. The van der Waals surface area contributed by atoms with Crippen LogP contribution in [0.2, 0.25) is 0 Å². The fraction of sp³-hybridized carbons (Fsp3) is 0.318. The second-order valence-electron chi connectivity index (χ2n) is 7.11. The summed E-state index contributed by atoms with van der Waals surface area (Å²) in [5, 5.41) is 29.6. The predicted molar refractivity (Wildman–Crippen MR) is 110 cm³/mol. The molecule has 9 nitrogen and oxygen atoms in total. The minimum absolute atomic E-state index is 0.0577. The van der Waals surface area contributed by atoms with Crippen LogP contribution >= 0.6 is 0 Å². The zero-order valence-corrected chi connectivity index (χ0v) is 16.9. The van der Waals surface area contributed by atoms with Crippen molar-refractivity contribution in [2.75, 3.05) is 27.4 Å². The molecule has 3 atom stereocenters. The largest absolute Gasteiger partial charge is 0.507 e. The van der Waals surface area contributed by atoms with E-state index < -0.39 is 23.7 Å². The maximum absolute atomic E-state index is 12.6. The number of fused-ring (bicyclic) bond motifs is 1. The molecule has 0 unspecified atom stereocenters. The Bertz CT molecular complexity index is 1150. The fourth-order valence-electron chi connectivity index (χ4n) is 3.45. The van der Waals surface area contributed by atoms with Gasteiger partial charge in [0.25, 0.3) is 0 Å². The van der Waals surface area contributed by atoms with Crippen LogP contribution in [0.1, 0.15) is 0 Å². The second-order valence-corrected chi connectivity index (χ2v) is 7.11. The van der Waals surface area contributed by atoms with Crippen LogP contribution in [0, 0.1) is 5.92 Å². The summed E-state index contributed by atoms with van der Waals surface area (Å²) in [5.41, 5.74) is 0.302. The topological polar surface area (TPSA) is 128 Å². The van der Waals surface area contributed by atoms with Crippen LogP contribution in [0.4, 0.5) is 0 Å². The van der Waals surface area contributed by atoms with Crippen molar-refractivity contribution in [2.24, 2.45) is 5.92 Å². The number of aliphatic hydroxyl groups excluding tert-OH is 2. The molecular weight excluding hydrogens is 408 g/mol. The molecule has 1 fully saturated rings. The van der Waals surface area contributed by atoms with Crippen molar-refractivity contribution in [2.45, 2.75) is 12.4 Å². The van der Waals surface area contributed by atoms with E-state index in [0.717, 1.165) is 0 Å². The highest BCUT2D eigenvalue weighted by Crippen LogP contribution is 2.36. The van der Waals surface area contributed by atoms with Gasteiger partial charge in [0, 0.05) is 29.7 Å². The number of phenols is 1. The third kappa shape index (κ3) is 3.90. The number of ether oxygens (including phenoxy) is 4. The van der Waals surface area contributed by atoms with Gasteiger partial charge in [0.2, 0.25) is 6.29 Å². The molecule has 1 aliphatic rings. The second kappa shape index (κ2) is 8.46. The number of methoxy groups -OCH3 is 2. The van der Waals surface area contributed by atoms with Crippen molar-refractivity contribution < 1.29 is 38.7 Å². The molecule has 0 spiro atoms. The molecule has 4 rings (SSSR count). The van der Waals surface area contributed by atoms with E-state index >= 15 is 0 Å². The van der Waals surface area contributed by atoms with Gasteiger partial charge < -0.3 is 38.7 Å². The van der Waals surface area contributed by atoms with Crippen molar-refractivity contribution in [3.05, 3.63) is 46.6 Å². The number of rotatable bonds is 6. The summed E-state index contributed by atoms with van der Waals surface area (Å²) >= 11 is 0. The monoisotopic (exact) mass is 430 g/mol. The molecule has 0 amide bonds. The summed E-state index contributed by atoms with van der Waals surface area (Å²) in [5.74, 6) is 0.603. The van der Waals surface area contributed by atoms with Crippen LogP contribution in [0.15, 0.2) is 45.6 Å². The smallest absolute Gasteiger partial charge is 0.226 e. The molecule has 3 N–H and O–H groups in total. The molecule has 0 radical (unpaired) electrons. The Labute approximate surface area is 177 Å². The molecule has 9 heteroatoms. The van der Waals surface area contributed by atoms with Crippen LogP contribution in [0.3, 0.4) is 0 Å². The highest BCUT2D eigenvalue weighted by Gasteiger charge is 2.37. The first-order chi connectivity index (χ1) is 14.9. The van der Waals surface area contributed by atoms with Crippen LogP contribution in [-0.4, -0.2) is 55.1 Å². The lowest BCUT2D eigenvalue weighted by molar-refractivity contribution is -0.0923. The summed E-state index contributed by atoms with van der Waals surface area (Å²) in [4.78, 5) is 12.6. The first-order valence-electron chi connectivity index (χ1n) is 9.55. The third-order valence-electron chi connectivity index (χ3n) is 5.18. The Morgan fingerprint density at radius 2 is 1.90 bits per heavy atom. The van der Waals surface area contributed by atoms with E-state index in [1.54, 1.807) is 18.2 Å². The average Bonchev–Trinajstić information content (AvgIpc) is 3.12. The highest BCUT2D eigenvalue weighted by atomic mass is 16.7. The van der Waals surface area contributed by atoms with Crippen LogP contribution in [-0.2, 0) is 4.74 Å². The van der Waals surface area contributed by atoms with Gasteiger partial charge in [-0.25, -0.2) is 0 Å². The van der Waals surface area contributed by atoms with Gasteiger partial charge >= 0.3 is 0 Å². The van der Waals surface area contributed by atoms with Gasteiger partial charge in [-0.3, -0.25) is 4.79 Å². The molecule has 1 aliphatic heterocycles. The van der Waals surface area contributed by atoms with Gasteiger partial charge in [0.1, 0.15) is 34.3 Å². The summed E-state index contributed by atoms with van der Waals surface area (Å²) in [6.45, 7) is -0.0281. The van der Waals surface area contributed by atoms with Crippen molar-refractivity contribution in [3.8, 4) is 34.3 Å². The highest BCUT2D eigenvalue weighted by molar-refractivity contribution is 5.86. The SMILES string of the molecule is COc1cc(O)c2c(=O)cc(-c3ccc(O[C@@H]4OC[C@H](CO)[C@H]4O)c(OC)c3)oc2c1. The van der Waals surface area contributed by atoms with Crippen LogP contribution in [0.25, 0.3) is 22.3 Å². The average molecular weight is 430 g/mol. The summed E-state index contributed by atoms with van der Waals surface area (Å²) in [6, 6.07) is 9.01. The van der Waals surface area contributed by atoms with Gasteiger partial charge in [-0.05, 0) is 18.2 Å². The molecule has 3 aromatic rings. The van der Waals surface area contributed by atoms with Crippen molar-refractivity contribution in [1.82, 2.24) is 0 Å². The zero-order chi connectivity index (χ0) is 22.1. The van der Waals surface area contributed by atoms with Gasteiger partial charge in [0.05, 0.1) is 27.4 Å². The van der Waals surface area contributed by atoms with E-state index in [1.807, 2.05) is 0 Å². The van der Waals surface area contributed by atoms with Gasteiger partial charge in [-0.15, -0.1) is 0 Å². The predicted octanol–water partition coefficient (Wildman–Crippen LogP) is 1.89. The molecule has 164 valence electrons. The van der Waals surface area contributed by atoms with Gasteiger partial charge in [-0.1, -0.05) is 0 Å². The zero-order valence-electron chi connectivity index (χ0n) is 16.9. The van der Waals surface area contributed by atoms with Crippen molar-refractivity contribution in [3.63, 3.8) is 0 Å². The van der Waals surface area contributed by atoms with Crippen LogP contribution in [0.5, 0.6) is 23.0 Å². The fourth-order valence-corrected chi connectivity index (χ4v) is 3.45. The van der Waals surface area contributed by atoms with E-state index in [9.17, 15) is 20.1 Å². The Kier molecular flexibility index (Phi) is 5.73. The molecular formula is C22H22O9. The quantitative estimate of drug-likeness (QED) is 0.537.